The number of hydrogen-bond acceptors (Lipinski definition) is 2. The zero-order valence-electron chi connectivity index (χ0n) is 11.0. The van der Waals surface area contributed by atoms with E-state index in [1.54, 1.807) is 4.90 Å². The third-order valence-electron chi connectivity index (χ3n) is 3.85. The van der Waals surface area contributed by atoms with Gasteiger partial charge in [0.1, 0.15) is 12.1 Å². The van der Waals surface area contributed by atoms with Gasteiger partial charge in [0.05, 0.1) is 6.04 Å². The average molecular weight is 248 g/mol. The molecule has 1 saturated carbocycles. The second kappa shape index (κ2) is 5.01. The highest BCUT2D eigenvalue weighted by Crippen LogP contribution is 2.35. The fourth-order valence-corrected chi connectivity index (χ4v) is 2.65. The first-order valence-electron chi connectivity index (χ1n) is 6.72. The number of terminal acetylenes is 1. The number of hydrogen-bond donors (Lipinski definition) is 1. The summed E-state index contributed by atoms with van der Waals surface area (Å²) in [7, 11) is 0. The van der Waals surface area contributed by atoms with Gasteiger partial charge in [-0.1, -0.05) is 19.8 Å². The molecule has 0 aromatic carbocycles. The van der Waals surface area contributed by atoms with Crippen LogP contribution in [-0.2, 0) is 9.59 Å². The molecule has 4 heteroatoms. The fourth-order valence-electron chi connectivity index (χ4n) is 2.65. The lowest BCUT2D eigenvalue weighted by molar-refractivity contribution is -0.151. The van der Waals surface area contributed by atoms with Gasteiger partial charge in [0, 0.05) is 0 Å². The van der Waals surface area contributed by atoms with E-state index in [-0.39, 0.29) is 23.9 Å². The molecule has 2 fully saturated rings. The molecule has 1 N–H and O–H groups in total. The van der Waals surface area contributed by atoms with Gasteiger partial charge in [-0.3, -0.25) is 9.59 Å². The van der Waals surface area contributed by atoms with Crippen LogP contribution in [0.3, 0.4) is 0 Å². The molecular formula is C14H20N2O2. The Hall–Kier alpha value is -1.50. The Morgan fingerprint density at radius 3 is 2.56 bits per heavy atom. The summed E-state index contributed by atoms with van der Waals surface area (Å²) in [6.07, 6.45) is 8.83. The summed E-state index contributed by atoms with van der Waals surface area (Å²) >= 11 is 0. The van der Waals surface area contributed by atoms with Gasteiger partial charge in [0.2, 0.25) is 11.8 Å². The highest BCUT2D eigenvalue weighted by molar-refractivity contribution is 5.97. The van der Waals surface area contributed by atoms with Crippen LogP contribution >= 0.6 is 0 Å². The topological polar surface area (TPSA) is 49.4 Å². The van der Waals surface area contributed by atoms with Crippen LogP contribution in [-0.4, -0.2) is 34.8 Å². The molecule has 98 valence electrons. The summed E-state index contributed by atoms with van der Waals surface area (Å²) in [5.41, 5.74) is 0. The van der Waals surface area contributed by atoms with Gasteiger partial charge in [-0.2, -0.15) is 0 Å². The molecule has 1 aliphatic carbocycles. The molecule has 4 nitrogen and oxygen atoms in total. The van der Waals surface area contributed by atoms with Crippen molar-refractivity contribution in [2.75, 3.05) is 0 Å². The zero-order valence-corrected chi connectivity index (χ0v) is 11.0. The lowest BCUT2D eigenvalue weighted by atomic mass is 9.98. The molecule has 1 aliphatic heterocycles. The second-order valence-corrected chi connectivity index (χ2v) is 5.08. The highest BCUT2D eigenvalue weighted by atomic mass is 16.2. The Morgan fingerprint density at radius 1 is 1.44 bits per heavy atom. The van der Waals surface area contributed by atoms with Crippen LogP contribution < -0.4 is 5.32 Å². The highest BCUT2D eigenvalue weighted by Gasteiger charge is 2.47. The van der Waals surface area contributed by atoms with Crippen molar-refractivity contribution in [2.24, 2.45) is 5.92 Å². The summed E-state index contributed by atoms with van der Waals surface area (Å²) in [6.45, 7) is 3.86. The standard InChI is InChI=1S/C14H20N2O2/c1-4-10(5-2)16-11(6-3)13(17)15-12(14(16)18)9-7-8-9/h1,9-12H,5-8H2,2-3H3,(H,15,17). The Balaban J connectivity index is 2.27. The van der Waals surface area contributed by atoms with Crippen molar-refractivity contribution in [3.8, 4) is 12.3 Å². The molecule has 3 unspecified atom stereocenters. The molecule has 18 heavy (non-hydrogen) atoms. The summed E-state index contributed by atoms with van der Waals surface area (Å²) < 4.78 is 0. The van der Waals surface area contributed by atoms with E-state index in [1.807, 2.05) is 13.8 Å². The molecule has 0 aromatic rings. The van der Waals surface area contributed by atoms with Crippen LogP contribution in [0, 0.1) is 18.3 Å². The minimum Gasteiger partial charge on any atom is -0.342 e. The molecule has 1 saturated heterocycles. The second-order valence-electron chi connectivity index (χ2n) is 5.08. The number of rotatable bonds is 4. The third kappa shape index (κ3) is 2.10. The molecule has 0 radical (unpaired) electrons. The van der Waals surface area contributed by atoms with Crippen molar-refractivity contribution in [2.45, 2.75) is 57.7 Å². The molecule has 0 bridgehead atoms. The molecule has 3 atom stereocenters. The maximum absolute atomic E-state index is 12.5. The average Bonchev–Trinajstić information content (AvgIpc) is 3.18. The maximum Gasteiger partial charge on any atom is 0.247 e. The Bertz CT molecular complexity index is 395. The zero-order chi connectivity index (χ0) is 13.3. The van der Waals surface area contributed by atoms with E-state index in [2.05, 4.69) is 11.2 Å². The molecular weight excluding hydrogens is 228 g/mol. The number of carbonyl (C=O) groups is 2. The van der Waals surface area contributed by atoms with Gasteiger partial charge >= 0.3 is 0 Å². The number of piperazine rings is 1. The maximum atomic E-state index is 12.5. The van der Waals surface area contributed by atoms with Crippen molar-refractivity contribution in [3.05, 3.63) is 0 Å². The SMILES string of the molecule is C#CC(CC)N1C(=O)C(C2CC2)NC(=O)C1CC. The van der Waals surface area contributed by atoms with Crippen LogP contribution in [0.5, 0.6) is 0 Å². The quantitative estimate of drug-likeness (QED) is 0.752. The smallest absolute Gasteiger partial charge is 0.247 e. The van der Waals surface area contributed by atoms with Crippen molar-refractivity contribution in [3.63, 3.8) is 0 Å². The molecule has 2 aliphatic rings. The van der Waals surface area contributed by atoms with Crippen LogP contribution in [0.2, 0.25) is 0 Å². The van der Waals surface area contributed by atoms with Crippen LogP contribution in [0.4, 0.5) is 0 Å². The first kappa shape index (κ1) is 12.9. The minimum absolute atomic E-state index is 0.00810. The molecule has 2 amide bonds. The normalized spacial score (nSPS) is 29.7. The number of carbonyl (C=O) groups excluding carboxylic acids is 2. The van der Waals surface area contributed by atoms with Crippen LogP contribution in [0.15, 0.2) is 0 Å². The van der Waals surface area contributed by atoms with E-state index in [4.69, 9.17) is 6.42 Å². The number of amides is 2. The molecule has 1 heterocycles. The van der Waals surface area contributed by atoms with Crippen molar-refractivity contribution in [1.82, 2.24) is 10.2 Å². The van der Waals surface area contributed by atoms with Gasteiger partial charge in [-0.25, -0.2) is 0 Å². The van der Waals surface area contributed by atoms with Gasteiger partial charge < -0.3 is 10.2 Å². The fraction of sp³-hybridized carbons (Fsp3) is 0.714. The summed E-state index contributed by atoms with van der Waals surface area (Å²) in [6, 6.07) is -1.02. The van der Waals surface area contributed by atoms with Gasteiger partial charge in [-0.05, 0) is 31.6 Å². The van der Waals surface area contributed by atoms with Gasteiger partial charge in [0.15, 0.2) is 0 Å². The lowest BCUT2D eigenvalue weighted by Gasteiger charge is -2.41. The summed E-state index contributed by atoms with van der Waals surface area (Å²) in [4.78, 5) is 26.2. The van der Waals surface area contributed by atoms with Crippen LogP contribution in [0.1, 0.15) is 39.5 Å². The Kier molecular flexibility index (Phi) is 3.60. The van der Waals surface area contributed by atoms with E-state index in [9.17, 15) is 9.59 Å². The first-order valence-corrected chi connectivity index (χ1v) is 6.72. The van der Waals surface area contributed by atoms with Crippen molar-refractivity contribution < 1.29 is 9.59 Å². The molecule has 0 aromatic heterocycles. The third-order valence-corrected chi connectivity index (χ3v) is 3.85. The summed E-state index contributed by atoms with van der Waals surface area (Å²) in [5, 5.41) is 2.86. The van der Waals surface area contributed by atoms with Crippen LogP contribution in [0.25, 0.3) is 0 Å². The lowest BCUT2D eigenvalue weighted by Crippen LogP contribution is -2.65. The van der Waals surface area contributed by atoms with Gasteiger partial charge in [-0.15, -0.1) is 6.42 Å². The van der Waals surface area contributed by atoms with E-state index < -0.39 is 6.04 Å². The van der Waals surface area contributed by atoms with E-state index in [1.165, 1.54) is 0 Å². The number of nitrogens with one attached hydrogen (secondary N) is 1. The Labute approximate surface area is 108 Å². The monoisotopic (exact) mass is 248 g/mol. The van der Waals surface area contributed by atoms with E-state index >= 15 is 0 Å². The predicted molar refractivity (Wildman–Crippen MR) is 68.5 cm³/mol. The van der Waals surface area contributed by atoms with Gasteiger partial charge in [0.25, 0.3) is 0 Å². The van der Waals surface area contributed by atoms with Crippen molar-refractivity contribution >= 4 is 11.8 Å². The molecule has 2 rings (SSSR count). The van der Waals surface area contributed by atoms with E-state index in [0.717, 1.165) is 12.8 Å². The number of nitrogens with zero attached hydrogens (tertiary/aromatic N) is 1. The summed E-state index contributed by atoms with van der Waals surface area (Å²) in [5.74, 6) is 2.91. The predicted octanol–water partition coefficient (Wildman–Crippen LogP) is 0.914. The minimum atomic E-state index is -0.409. The molecule has 0 spiro atoms. The van der Waals surface area contributed by atoms with E-state index in [0.29, 0.717) is 18.8 Å². The largest absolute Gasteiger partial charge is 0.342 e. The first-order chi connectivity index (χ1) is 8.63. The van der Waals surface area contributed by atoms with Crippen molar-refractivity contribution in [1.29, 1.82) is 0 Å². The Morgan fingerprint density at radius 2 is 2.11 bits per heavy atom.